The fraction of sp³-hybridized carbons (Fsp3) is 0.462. The van der Waals surface area contributed by atoms with Gasteiger partial charge < -0.3 is 5.32 Å². The number of nitrogens with zero attached hydrogens (tertiary/aromatic N) is 3. The molecule has 0 aromatic carbocycles. The molecule has 4 nitrogen and oxygen atoms in total. The van der Waals surface area contributed by atoms with Gasteiger partial charge in [-0.1, -0.05) is 6.07 Å². The Bertz CT molecular complexity index is 578. The number of nitrogens with one attached hydrogen (secondary N) is 1. The van der Waals surface area contributed by atoms with Gasteiger partial charge in [0.1, 0.15) is 10.9 Å². The lowest BCUT2D eigenvalue weighted by atomic mass is 10.2. The molecule has 19 heavy (non-hydrogen) atoms. The van der Waals surface area contributed by atoms with Crippen molar-refractivity contribution in [2.24, 2.45) is 0 Å². The number of aromatic nitrogens is 3. The second kappa shape index (κ2) is 5.56. The average molecular weight is 292 g/mol. The average Bonchev–Trinajstić information content (AvgIpc) is 3.13. The van der Waals surface area contributed by atoms with Gasteiger partial charge in [-0.3, -0.25) is 0 Å². The third-order valence-corrected chi connectivity index (χ3v) is 4.92. The Kier molecular flexibility index (Phi) is 3.81. The first kappa shape index (κ1) is 13.0. The van der Waals surface area contributed by atoms with Crippen molar-refractivity contribution >= 4 is 23.3 Å². The van der Waals surface area contributed by atoms with Crippen molar-refractivity contribution in [3.8, 4) is 0 Å². The zero-order chi connectivity index (χ0) is 13.2. The molecule has 0 unspecified atom stereocenters. The molecule has 0 bridgehead atoms. The van der Waals surface area contributed by atoms with E-state index in [1.54, 1.807) is 11.8 Å². The second-order valence-electron chi connectivity index (χ2n) is 4.83. The van der Waals surface area contributed by atoms with Crippen molar-refractivity contribution in [3.05, 3.63) is 29.2 Å². The predicted octanol–water partition coefficient (Wildman–Crippen LogP) is 2.95. The first-order valence-corrected chi connectivity index (χ1v) is 7.97. The zero-order valence-corrected chi connectivity index (χ0v) is 12.6. The lowest BCUT2D eigenvalue weighted by Gasteiger charge is -2.06. The SMILES string of the molecule is Cc1nsc(Sc2ncc(CNC3CC3)cc2C)n1. The molecule has 1 N–H and O–H groups in total. The number of rotatable bonds is 5. The van der Waals surface area contributed by atoms with E-state index in [0.29, 0.717) is 0 Å². The maximum Gasteiger partial charge on any atom is 0.176 e. The summed E-state index contributed by atoms with van der Waals surface area (Å²) in [6, 6.07) is 2.94. The van der Waals surface area contributed by atoms with Crippen LogP contribution in [0.4, 0.5) is 0 Å². The Morgan fingerprint density at radius 2 is 2.26 bits per heavy atom. The molecule has 2 heterocycles. The van der Waals surface area contributed by atoms with E-state index in [1.807, 2.05) is 13.1 Å². The third-order valence-electron chi connectivity index (χ3n) is 2.95. The van der Waals surface area contributed by atoms with Crippen molar-refractivity contribution in [3.63, 3.8) is 0 Å². The molecule has 0 radical (unpaired) electrons. The monoisotopic (exact) mass is 292 g/mol. The number of hydrogen-bond donors (Lipinski definition) is 1. The van der Waals surface area contributed by atoms with Gasteiger partial charge >= 0.3 is 0 Å². The maximum absolute atomic E-state index is 4.54. The summed E-state index contributed by atoms with van der Waals surface area (Å²) < 4.78 is 5.14. The molecule has 2 aromatic rings. The van der Waals surface area contributed by atoms with E-state index in [0.717, 1.165) is 27.8 Å². The van der Waals surface area contributed by atoms with E-state index in [-0.39, 0.29) is 0 Å². The molecule has 0 aliphatic heterocycles. The standard InChI is InChI=1S/C13H16N4S2/c1-8-5-10(6-14-11-3-4-11)7-15-12(8)18-13-16-9(2)17-19-13/h5,7,11,14H,3-4,6H2,1-2H3. The molecule has 100 valence electrons. The highest BCUT2D eigenvalue weighted by molar-refractivity contribution is 8.00. The summed E-state index contributed by atoms with van der Waals surface area (Å²) in [4.78, 5) is 8.90. The minimum atomic E-state index is 0.735. The van der Waals surface area contributed by atoms with Crippen LogP contribution in [-0.2, 0) is 6.54 Å². The van der Waals surface area contributed by atoms with Crippen LogP contribution in [0.25, 0.3) is 0 Å². The smallest absolute Gasteiger partial charge is 0.176 e. The van der Waals surface area contributed by atoms with E-state index in [2.05, 4.69) is 32.6 Å². The summed E-state index contributed by atoms with van der Waals surface area (Å²) in [6.07, 6.45) is 4.59. The lowest BCUT2D eigenvalue weighted by molar-refractivity contribution is 0.684. The van der Waals surface area contributed by atoms with Crippen LogP contribution in [0, 0.1) is 13.8 Å². The Balaban J connectivity index is 1.67. The zero-order valence-electron chi connectivity index (χ0n) is 11.0. The van der Waals surface area contributed by atoms with Crippen molar-refractivity contribution in [2.45, 2.75) is 48.6 Å². The number of hydrogen-bond acceptors (Lipinski definition) is 6. The van der Waals surface area contributed by atoms with Gasteiger partial charge in [-0.05, 0) is 61.1 Å². The quantitative estimate of drug-likeness (QED) is 0.918. The van der Waals surface area contributed by atoms with Gasteiger partial charge in [0.15, 0.2) is 4.34 Å². The Morgan fingerprint density at radius 1 is 1.42 bits per heavy atom. The summed E-state index contributed by atoms with van der Waals surface area (Å²) in [5.74, 6) is 0.829. The van der Waals surface area contributed by atoms with Crippen LogP contribution < -0.4 is 5.32 Å². The molecule has 1 saturated carbocycles. The fourth-order valence-corrected chi connectivity index (χ4v) is 3.37. The van der Waals surface area contributed by atoms with Crippen LogP contribution in [0.1, 0.15) is 29.8 Å². The van der Waals surface area contributed by atoms with Crippen LogP contribution >= 0.6 is 23.3 Å². The minimum absolute atomic E-state index is 0.735. The summed E-state index contributed by atoms with van der Waals surface area (Å²) in [5, 5.41) is 4.53. The Morgan fingerprint density at radius 3 is 2.89 bits per heavy atom. The highest BCUT2D eigenvalue weighted by Gasteiger charge is 2.20. The van der Waals surface area contributed by atoms with Gasteiger partial charge in [-0.15, -0.1) is 0 Å². The summed E-state index contributed by atoms with van der Waals surface area (Å²) in [5.41, 5.74) is 2.45. The number of aryl methyl sites for hydroxylation is 2. The summed E-state index contributed by atoms with van der Waals surface area (Å²) in [6.45, 7) is 4.93. The van der Waals surface area contributed by atoms with E-state index in [4.69, 9.17) is 0 Å². The molecule has 1 aliphatic carbocycles. The number of pyridine rings is 1. The van der Waals surface area contributed by atoms with Gasteiger partial charge in [0.25, 0.3) is 0 Å². The van der Waals surface area contributed by atoms with Crippen molar-refractivity contribution < 1.29 is 0 Å². The van der Waals surface area contributed by atoms with Crippen LogP contribution in [0.2, 0.25) is 0 Å². The van der Waals surface area contributed by atoms with Gasteiger partial charge in [0, 0.05) is 18.8 Å². The topological polar surface area (TPSA) is 50.7 Å². The highest BCUT2D eigenvalue weighted by Crippen LogP contribution is 2.30. The molecule has 0 atom stereocenters. The largest absolute Gasteiger partial charge is 0.310 e. The van der Waals surface area contributed by atoms with E-state index in [9.17, 15) is 0 Å². The molecule has 0 amide bonds. The molecular formula is C13H16N4S2. The molecule has 0 saturated heterocycles. The molecule has 2 aromatic heterocycles. The van der Waals surface area contributed by atoms with Crippen LogP contribution in [0.15, 0.2) is 21.6 Å². The van der Waals surface area contributed by atoms with Crippen LogP contribution in [0.3, 0.4) is 0 Å². The molecule has 6 heteroatoms. The molecular weight excluding hydrogens is 276 g/mol. The molecule has 0 spiro atoms. The van der Waals surface area contributed by atoms with Crippen molar-refractivity contribution in [1.29, 1.82) is 0 Å². The second-order valence-corrected chi connectivity index (χ2v) is 6.82. The Hall–Kier alpha value is -0.980. The maximum atomic E-state index is 4.54. The minimum Gasteiger partial charge on any atom is -0.310 e. The molecule has 1 aliphatic rings. The van der Waals surface area contributed by atoms with E-state index in [1.165, 1.54) is 35.5 Å². The van der Waals surface area contributed by atoms with E-state index >= 15 is 0 Å². The fourth-order valence-electron chi connectivity index (χ4n) is 1.78. The third kappa shape index (κ3) is 3.52. The summed E-state index contributed by atoms with van der Waals surface area (Å²) in [7, 11) is 0. The van der Waals surface area contributed by atoms with Crippen molar-refractivity contribution in [2.75, 3.05) is 0 Å². The predicted molar refractivity (Wildman–Crippen MR) is 77.6 cm³/mol. The van der Waals surface area contributed by atoms with Crippen LogP contribution in [-0.4, -0.2) is 20.4 Å². The van der Waals surface area contributed by atoms with Crippen LogP contribution in [0.5, 0.6) is 0 Å². The van der Waals surface area contributed by atoms with E-state index < -0.39 is 0 Å². The van der Waals surface area contributed by atoms with Gasteiger partial charge in [0.2, 0.25) is 0 Å². The normalized spacial score (nSPS) is 14.8. The van der Waals surface area contributed by atoms with Crippen molar-refractivity contribution in [1.82, 2.24) is 19.7 Å². The molecule has 1 fully saturated rings. The molecule has 3 rings (SSSR count). The van der Waals surface area contributed by atoms with Gasteiger partial charge in [-0.25, -0.2) is 9.97 Å². The van der Waals surface area contributed by atoms with Gasteiger partial charge in [0.05, 0.1) is 0 Å². The highest BCUT2D eigenvalue weighted by atomic mass is 32.2. The summed E-state index contributed by atoms with van der Waals surface area (Å²) >= 11 is 3.02. The first-order valence-electron chi connectivity index (χ1n) is 6.38. The Labute approximate surface area is 121 Å². The van der Waals surface area contributed by atoms with Gasteiger partial charge in [-0.2, -0.15) is 4.37 Å². The first-order chi connectivity index (χ1) is 9.20. The lowest BCUT2D eigenvalue weighted by Crippen LogP contribution is -2.15.